The average Bonchev–Trinajstić information content (AvgIpc) is 2.64. The molecule has 74 valence electrons. The largest absolute Gasteiger partial charge is 0.396 e. The highest BCUT2D eigenvalue weighted by Crippen LogP contribution is 2.19. The molecule has 0 fully saturated rings. The summed E-state index contributed by atoms with van der Waals surface area (Å²) in [6.07, 6.45) is 2.15. The van der Waals surface area contributed by atoms with Crippen molar-refractivity contribution in [2.75, 3.05) is 6.61 Å². The Kier molecular flexibility index (Phi) is 2.47. The van der Waals surface area contributed by atoms with Crippen LogP contribution in [0.25, 0.3) is 10.9 Å². The van der Waals surface area contributed by atoms with Gasteiger partial charge in [-0.3, -0.25) is 0 Å². The van der Waals surface area contributed by atoms with Gasteiger partial charge < -0.3 is 15.4 Å². The molecule has 4 heteroatoms. The number of nitrogens with zero attached hydrogens (tertiary/aromatic N) is 1. The van der Waals surface area contributed by atoms with Crippen molar-refractivity contribution in [1.29, 1.82) is 0 Å². The van der Waals surface area contributed by atoms with E-state index < -0.39 is 0 Å². The summed E-state index contributed by atoms with van der Waals surface area (Å²) in [7, 11) is 0. The van der Waals surface area contributed by atoms with Gasteiger partial charge in [0.15, 0.2) is 0 Å². The Morgan fingerprint density at radius 2 is 2.36 bits per heavy atom. The summed E-state index contributed by atoms with van der Waals surface area (Å²) in [4.78, 5) is 0. The summed E-state index contributed by atoms with van der Waals surface area (Å²) in [5.74, 6) is 0. The quantitative estimate of drug-likeness (QED) is 0.766. The van der Waals surface area contributed by atoms with Gasteiger partial charge in [0.2, 0.25) is 0 Å². The van der Waals surface area contributed by atoms with Crippen LogP contribution in [0.4, 0.5) is 0 Å². The van der Waals surface area contributed by atoms with Gasteiger partial charge >= 0.3 is 0 Å². The fourth-order valence-corrected chi connectivity index (χ4v) is 1.42. The number of hydrogen-bond donors (Lipinski definition) is 2. The first kappa shape index (κ1) is 9.18. The minimum atomic E-state index is -0.138. The van der Waals surface area contributed by atoms with E-state index in [0.717, 1.165) is 16.5 Å². The second-order valence-electron chi connectivity index (χ2n) is 3.25. The third-order valence-electron chi connectivity index (χ3n) is 2.25. The first-order chi connectivity index (χ1) is 6.81. The molecule has 0 aliphatic heterocycles. The second-order valence-corrected chi connectivity index (χ2v) is 3.25. The van der Waals surface area contributed by atoms with Crippen molar-refractivity contribution in [3.8, 4) is 0 Å². The minimum absolute atomic E-state index is 0.0953. The Bertz CT molecular complexity index is 425. The van der Waals surface area contributed by atoms with Crippen molar-refractivity contribution in [3.63, 3.8) is 0 Å². The highest BCUT2D eigenvalue weighted by atomic mass is 16.5. The van der Waals surface area contributed by atoms with Crippen LogP contribution in [0.3, 0.4) is 0 Å². The first-order valence-corrected chi connectivity index (χ1v) is 4.52. The number of hydrogen-bond acceptors (Lipinski definition) is 4. The highest BCUT2D eigenvalue weighted by molar-refractivity contribution is 5.77. The van der Waals surface area contributed by atoms with Crippen LogP contribution in [0.5, 0.6) is 0 Å². The van der Waals surface area contributed by atoms with Gasteiger partial charge in [0.05, 0.1) is 0 Å². The molecule has 0 saturated carbocycles. The van der Waals surface area contributed by atoms with Gasteiger partial charge in [-0.05, 0) is 24.1 Å². The van der Waals surface area contributed by atoms with E-state index in [4.69, 9.17) is 15.4 Å². The maximum absolute atomic E-state index is 8.76. The van der Waals surface area contributed by atoms with Gasteiger partial charge in [0.1, 0.15) is 11.8 Å². The molecule has 0 saturated heterocycles. The fourth-order valence-electron chi connectivity index (χ4n) is 1.42. The van der Waals surface area contributed by atoms with Crippen LogP contribution in [0.15, 0.2) is 29.0 Å². The summed E-state index contributed by atoms with van der Waals surface area (Å²) in [6.45, 7) is 0.0953. The summed E-state index contributed by atoms with van der Waals surface area (Å²) in [5, 5.41) is 13.5. The number of rotatable bonds is 3. The van der Waals surface area contributed by atoms with Gasteiger partial charge in [-0.25, -0.2) is 0 Å². The molecule has 1 heterocycles. The monoisotopic (exact) mass is 192 g/mol. The average molecular weight is 192 g/mol. The van der Waals surface area contributed by atoms with Crippen LogP contribution >= 0.6 is 0 Å². The predicted molar refractivity (Wildman–Crippen MR) is 52.6 cm³/mol. The Balaban J connectivity index is 2.33. The standard InChI is InChI=1S/C10H12N2O2/c11-9(3-4-13)7-1-2-8-6-14-12-10(8)5-7/h1-2,5-6,9,13H,3-4,11H2. The molecular weight excluding hydrogens is 180 g/mol. The molecule has 4 nitrogen and oxygen atoms in total. The van der Waals surface area contributed by atoms with E-state index in [1.54, 1.807) is 6.26 Å². The molecule has 1 aromatic heterocycles. The lowest BCUT2D eigenvalue weighted by Crippen LogP contribution is -2.11. The van der Waals surface area contributed by atoms with Gasteiger partial charge in [-0.15, -0.1) is 0 Å². The lowest BCUT2D eigenvalue weighted by atomic mass is 10.0. The van der Waals surface area contributed by atoms with Gasteiger partial charge in [0.25, 0.3) is 0 Å². The van der Waals surface area contributed by atoms with Crippen LogP contribution in [-0.2, 0) is 0 Å². The fraction of sp³-hybridized carbons (Fsp3) is 0.300. The molecule has 1 atom stereocenters. The molecule has 1 aromatic carbocycles. The molecule has 0 spiro atoms. The number of aliphatic hydroxyl groups is 1. The molecule has 14 heavy (non-hydrogen) atoms. The van der Waals surface area contributed by atoms with Crippen LogP contribution in [0.1, 0.15) is 18.0 Å². The Labute approximate surface area is 81.3 Å². The summed E-state index contributed by atoms with van der Waals surface area (Å²) in [6, 6.07) is 5.60. The molecule has 1 unspecified atom stereocenters. The summed E-state index contributed by atoms with van der Waals surface area (Å²) in [5.41, 5.74) is 7.62. The molecule has 3 N–H and O–H groups in total. The smallest absolute Gasteiger partial charge is 0.131 e. The topological polar surface area (TPSA) is 72.3 Å². The minimum Gasteiger partial charge on any atom is -0.396 e. The third-order valence-corrected chi connectivity index (χ3v) is 2.25. The van der Waals surface area contributed by atoms with Crippen molar-refractivity contribution in [3.05, 3.63) is 30.0 Å². The molecule has 0 amide bonds. The van der Waals surface area contributed by atoms with Crippen molar-refractivity contribution in [1.82, 2.24) is 5.16 Å². The Hall–Kier alpha value is -1.39. The van der Waals surface area contributed by atoms with Crippen molar-refractivity contribution in [2.45, 2.75) is 12.5 Å². The van der Waals surface area contributed by atoms with Crippen molar-refractivity contribution in [2.24, 2.45) is 5.73 Å². The lowest BCUT2D eigenvalue weighted by molar-refractivity contribution is 0.276. The van der Waals surface area contributed by atoms with Crippen molar-refractivity contribution >= 4 is 10.9 Å². The molecule has 0 radical (unpaired) electrons. The lowest BCUT2D eigenvalue weighted by Gasteiger charge is -2.09. The number of aliphatic hydroxyl groups excluding tert-OH is 1. The Morgan fingerprint density at radius 1 is 1.50 bits per heavy atom. The van der Waals surface area contributed by atoms with Gasteiger partial charge in [-0.1, -0.05) is 11.2 Å². The predicted octanol–water partition coefficient (Wildman–Crippen LogP) is 1.21. The maximum Gasteiger partial charge on any atom is 0.131 e. The van der Waals surface area contributed by atoms with Gasteiger partial charge in [0, 0.05) is 18.0 Å². The van der Waals surface area contributed by atoms with Crippen LogP contribution < -0.4 is 5.73 Å². The van der Waals surface area contributed by atoms with E-state index in [0.29, 0.717) is 6.42 Å². The normalized spacial score (nSPS) is 13.3. The van der Waals surface area contributed by atoms with E-state index >= 15 is 0 Å². The number of aromatic nitrogens is 1. The van der Waals surface area contributed by atoms with E-state index in [2.05, 4.69) is 5.16 Å². The number of nitrogens with two attached hydrogens (primary N) is 1. The Morgan fingerprint density at radius 3 is 3.14 bits per heavy atom. The number of benzene rings is 1. The van der Waals surface area contributed by atoms with Gasteiger partial charge in [-0.2, -0.15) is 0 Å². The van der Waals surface area contributed by atoms with E-state index in [-0.39, 0.29) is 12.6 Å². The first-order valence-electron chi connectivity index (χ1n) is 4.52. The number of fused-ring (bicyclic) bond motifs is 1. The maximum atomic E-state index is 8.76. The van der Waals surface area contributed by atoms with Crippen LogP contribution in [0.2, 0.25) is 0 Å². The molecular formula is C10H12N2O2. The zero-order valence-corrected chi connectivity index (χ0v) is 7.68. The second kappa shape index (κ2) is 3.77. The summed E-state index contributed by atoms with van der Waals surface area (Å²) < 4.78 is 4.82. The van der Waals surface area contributed by atoms with E-state index in [1.165, 1.54) is 0 Å². The molecule has 0 aliphatic rings. The zero-order valence-electron chi connectivity index (χ0n) is 7.68. The molecule has 0 aliphatic carbocycles. The third kappa shape index (κ3) is 1.62. The molecule has 2 aromatic rings. The van der Waals surface area contributed by atoms with Crippen molar-refractivity contribution < 1.29 is 9.63 Å². The molecule has 0 bridgehead atoms. The zero-order chi connectivity index (χ0) is 9.97. The van der Waals surface area contributed by atoms with Crippen LogP contribution in [0, 0.1) is 0 Å². The SMILES string of the molecule is NC(CCO)c1ccc2conc2c1. The van der Waals surface area contributed by atoms with E-state index in [1.807, 2.05) is 18.2 Å². The van der Waals surface area contributed by atoms with E-state index in [9.17, 15) is 0 Å². The molecule has 2 rings (SSSR count). The highest BCUT2D eigenvalue weighted by Gasteiger charge is 2.07. The van der Waals surface area contributed by atoms with Crippen LogP contribution in [-0.4, -0.2) is 16.9 Å². The summed E-state index contributed by atoms with van der Waals surface area (Å²) >= 11 is 0.